The van der Waals surface area contributed by atoms with Gasteiger partial charge >= 0.3 is 5.97 Å². The number of carbonyl (C=O) groups excluding carboxylic acids is 3. The molecule has 2 amide bonds. The molecule has 2 N–H and O–H groups in total. The molecule has 1 aromatic rings. The number of carbonyl (C=O) groups is 3. The van der Waals surface area contributed by atoms with Crippen molar-refractivity contribution in [1.82, 2.24) is 10.6 Å². The summed E-state index contributed by atoms with van der Waals surface area (Å²) in [7, 11) is 0. The third kappa shape index (κ3) is 3.47. The van der Waals surface area contributed by atoms with Gasteiger partial charge in [-0.3, -0.25) is 9.59 Å². The predicted molar refractivity (Wildman–Crippen MR) is 97.8 cm³/mol. The molecule has 0 aliphatic heterocycles. The molecule has 2 fully saturated rings. The summed E-state index contributed by atoms with van der Waals surface area (Å²) < 4.78 is 10.0. The first-order valence-corrected chi connectivity index (χ1v) is 9.45. The minimum atomic E-state index is -0.880. The Morgan fingerprint density at radius 1 is 1.33 bits per heavy atom. The van der Waals surface area contributed by atoms with Crippen LogP contribution in [-0.2, 0) is 14.3 Å². The molecule has 2 aliphatic rings. The molecule has 1 heterocycles. The fourth-order valence-corrected chi connectivity index (χ4v) is 4.65. The zero-order valence-electron chi connectivity index (χ0n) is 16.3. The van der Waals surface area contributed by atoms with Gasteiger partial charge in [-0.2, -0.15) is 0 Å². The lowest BCUT2D eigenvalue weighted by molar-refractivity contribution is -0.150. The molecule has 2 bridgehead atoms. The van der Waals surface area contributed by atoms with Crippen molar-refractivity contribution in [3.63, 3.8) is 0 Å². The highest BCUT2D eigenvalue weighted by atomic mass is 16.5. The van der Waals surface area contributed by atoms with Crippen molar-refractivity contribution < 1.29 is 23.5 Å². The molecule has 4 atom stereocenters. The summed E-state index contributed by atoms with van der Waals surface area (Å²) in [6.07, 6.45) is 4.65. The van der Waals surface area contributed by atoms with Gasteiger partial charge in [0.2, 0.25) is 0 Å². The van der Waals surface area contributed by atoms with E-state index in [1.165, 1.54) is 25.7 Å². The SMILES string of the molecule is C[C@H](NC(=O)c1ccco1)C(=O)OCC(=O)N[C@H]1C[C@H]2CC[C@@]1(C)C2(C)C. The van der Waals surface area contributed by atoms with Crippen LogP contribution in [0.25, 0.3) is 0 Å². The summed E-state index contributed by atoms with van der Waals surface area (Å²) >= 11 is 0. The quantitative estimate of drug-likeness (QED) is 0.742. The first kappa shape index (κ1) is 19.5. The zero-order chi connectivity index (χ0) is 19.8. The van der Waals surface area contributed by atoms with Crippen LogP contribution in [0.4, 0.5) is 0 Å². The summed E-state index contributed by atoms with van der Waals surface area (Å²) in [5, 5.41) is 5.52. The van der Waals surface area contributed by atoms with Gasteiger partial charge in [0.15, 0.2) is 12.4 Å². The average molecular weight is 376 g/mol. The topological polar surface area (TPSA) is 97.6 Å². The molecule has 0 spiro atoms. The van der Waals surface area contributed by atoms with Crippen molar-refractivity contribution in [2.24, 2.45) is 16.7 Å². The minimum Gasteiger partial charge on any atom is -0.459 e. The third-order valence-electron chi connectivity index (χ3n) is 6.92. The Morgan fingerprint density at radius 3 is 2.63 bits per heavy atom. The molecule has 2 saturated carbocycles. The lowest BCUT2D eigenvalue weighted by atomic mass is 9.69. The maximum absolute atomic E-state index is 12.3. The van der Waals surface area contributed by atoms with Crippen LogP contribution < -0.4 is 10.6 Å². The van der Waals surface area contributed by atoms with Gasteiger partial charge in [-0.15, -0.1) is 0 Å². The van der Waals surface area contributed by atoms with E-state index in [9.17, 15) is 14.4 Å². The molecule has 0 unspecified atom stereocenters. The van der Waals surface area contributed by atoms with Gasteiger partial charge in [0, 0.05) is 6.04 Å². The maximum Gasteiger partial charge on any atom is 0.328 e. The summed E-state index contributed by atoms with van der Waals surface area (Å²) in [6, 6.07) is 2.31. The van der Waals surface area contributed by atoms with E-state index in [1.807, 2.05) is 0 Å². The Morgan fingerprint density at radius 2 is 2.07 bits per heavy atom. The highest BCUT2D eigenvalue weighted by molar-refractivity contribution is 5.94. The lowest BCUT2D eigenvalue weighted by Gasteiger charge is -2.39. The molecule has 3 rings (SSSR count). The summed E-state index contributed by atoms with van der Waals surface area (Å²) in [5.41, 5.74) is 0.272. The van der Waals surface area contributed by atoms with Crippen molar-refractivity contribution in [3.05, 3.63) is 24.2 Å². The van der Waals surface area contributed by atoms with Gasteiger partial charge in [-0.25, -0.2) is 4.79 Å². The van der Waals surface area contributed by atoms with Crippen molar-refractivity contribution in [2.75, 3.05) is 6.61 Å². The van der Waals surface area contributed by atoms with E-state index in [4.69, 9.17) is 9.15 Å². The number of ether oxygens (including phenoxy) is 1. The first-order valence-electron chi connectivity index (χ1n) is 9.45. The van der Waals surface area contributed by atoms with Crippen LogP contribution in [0.5, 0.6) is 0 Å². The Hall–Kier alpha value is -2.31. The molecule has 0 radical (unpaired) electrons. The third-order valence-corrected chi connectivity index (χ3v) is 6.92. The smallest absolute Gasteiger partial charge is 0.328 e. The molecule has 148 valence electrons. The van der Waals surface area contributed by atoms with Gasteiger partial charge in [-0.1, -0.05) is 20.8 Å². The second-order valence-corrected chi connectivity index (χ2v) is 8.51. The Bertz CT molecular complexity index is 727. The minimum absolute atomic E-state index is 0.0711. The molecule has 1 aromatic heterocycles. The van der Waals surface area contributed by atoms with Crippen LogP contribution in [0, 0.1) is 16.7 Å². The van der Waals surface area contributed by atoms with E-state index < -0.39 is 17.9 Å². The van der Waals surface area contributed by atoms with Crippen LogP contribution in [0.3, 0.4) is 0 Å². The molecule has 0 aromatic carbocycles. The van der Waals surface area contributed by atoms with E-state index >= 15 is 0 Å². The second kappa shape index (κ2) is 7.02. The van der Waals surface area contributed by atoms with E-state index in [-0.39, 0.29) is 35.1 Å². The predicted octanol–water partition coefficient (Wildman–Crippen LogP) is 2.27. The van der Waals surface area contributed by atoms with Crippen molar-refractivity contribution in [2.45, 2.75) is 59.0 Å². The Kier molecular flexibility index (Phi) is 5.06. The molecule has 7 heteroatoms. The fourth-order valence-electron chi connectivity index (χ4n) is 4.65. The van der Waals surface area contributed by atoms with Gasteiger partial charge < -0.3 is 19.8 Å². The highest BCUT2D eigenvalue weighted by Crippen LogP contribution is 2.65. The Balaban J connectivity index is 1.45. The number of hydrogen-bond donors (Lipinski definition) is 2. The number of esters is 1. The molecule has 7 nitrogen and oxygen atoms in total. The molecular formula is C20H28N2O5. The summed E-state index contributed by atoms with van der Waals surface area (Å²) in [4.78, 5) is 36.2. The number of furan rings is 1. The van der Waals surface area contributed by atoms with Crippen LogP contribution in [-0.4, -0.2) is 36.5 Å². The number of amides is 2. The van der Waals surface area contributed by atoms with Crippen molar-refractivity contribution in [3.8, 4) is 0 Å². The van der Waals surface area contributed by atoms with E-state index in [2.05, 4.69) is 31.4 Å². The van der Waals surface area contributed by atoms with E-state index in [0.29, 0.717) is 5.92 Å². The maximum atomic E-state index is 12.3. The standard InChI is InChI=1S/C20H28N2O5/c1-12(21-17(24)14-6-5-9-26-14)18(25)27-11-16(23)22-15-10-13-7-8-20(15,4)19(13,2)3/h5-6,9,12-13,15H,7-8,10-11H2,1-4H3,(H,21,24)(H,22,23)/t12-,13+,15-,20+/m0/s1. The van der Waals surface area contributed by atoms with Gasteiger partial charge in [0.1, 0.15) is 6.04 Å². The zero-order valence-corrected chi connectivity index (χ0v) is 16.3. The second-order valence-electron chi connectivity index (χ2n) is 8.51. The molecular weight excluding hydrogens is 348 g/mol. The van der Waals surface area contributed by atoms with Crippen LogP contribution >= 0.6 is 0 Å². The van der Waals surface area contributed by atoms with Gasteiger partial charge in [-0.05, 0) is 55.1 Å². The highest BCUT2D eigenvalue weighted by Gasteiger charge is 2.61. The lowest BCUT2D eigenvalue weighted by Crippen LogP contribution is -2.48. The van der Waals surface area contributed by atoms with E-state index in [0.717, 1.165) is 12.8 Å². The van der Waals surface area contributed by atoms with Crippen molar-refractivity contribution in [1.29, 1.82) is 0 Å². The summed E-state index contributed by atoms with van der Waals surface area (Å²) in [5.74, 6) is -0.746. The van der Waals surface area contributed by atoms with Crippen LogP contribution in [0.15, 0.2) is 22.8 Å². The van der Waals surface area contributed by atoms with Gasteiger partial charge in [0.05, 0.1) is 6.26 Å². The van der Waals surface area contributed by atoms with Crippen LogP contribution in [0.2, 0.25) is 0 Å². The normalized spacial score (nSPS) is 29.2. The fraction of sp³-hybridized carbons (Fsp3) is 0.650. The number of fused-ring (bicyclic) bond motifs is 2. The van der Waals surface area contributed by atoms with E-state index in [1.54, 1.807) is 6.07 Å². The molecule has 27 heavy (non-hydrogen) atoms. The van der Waals surface area contributed by atoms with Crippen LogP contribution in [0.1, 0.15) is 57.5 Å². The largest absolute Gasteiger partial charge is 0.459 e. The van der Waals surface area contributed by atoms with Crippen molar-refractivity contribution >= 4 is 17.8 Å². The Labute approximate surface area is 159 Å². The number of nitrogens with one attached hydrogen (secondary N) is 2. The first-order chi connectivity index (χ1) is 12.6. The number of rotatable bonds is 6. The average Bonchev–Trinajstić information content (AvgIpc) is 3.26. The molecule has 0 saturated heterocycles. The van der Waals surface area contributed by atoms with Gasteiger partial charge in [0.25, 0.3) is 11.8 Å². The monoisotopic (exact) mass is 376 g/mol. The number of hydrogen-bond acceptors (Lipinski definition) is 5. The molecule has 2 aliphatic carbocycles. The summed E-state index contributed by atoms with van der Waals surface area (Å²) in [6.45, 7) is 7.95.